The highest BCUT2D eigenvalue weighted by molar-refractivity contribution is 8.09. The van der Waals surface area contributed by atoms with Crippen LogP contribution in [0.25, 0.3) is 0 Å². The molecule has 0 aromatic heterocycles. The van der Waals surface area contributed by atoms with Gasteiger partial charge < -0.3 is 0 Å². The molecule has 0 aliphatic heterocycles. The molecule has 2 heteroatoms. The van der Waals surface area contributed by atoms with Crippen LogP contribution in [-0.4, -0.2) is 5.16 Å². The number of rotatable bonds is 1. The quantitative estimate of drug-likeness (QED) is 0.625. The molecule has 0 heterocycles. The number of hydrogen-bond acceptors (Lipinski definition) is 1. The molecule has 1 rings (SSSR count). The molecule has 0 aliphatic carbocycles. The van der Waals surface area contributed by atoms with Gasteiger partial charge in [-0.2, -0.15) is 0 Å². The molecule has 1 unspecified atom stereocenters. The Bertz CT molecular complexity index is 272. The van der Waals surface area contributed by atoms with Gasteiger partial charge >= 0.3 is 0 Å². The van der Waals surface area contributed by atoms with Crippen LogP contribution in [0.2, 0.25) is 0 Å². The molecule has 0 radical (unpaired) electrons. The van der Waals surface area contributed by atoms with E-state index in [4.69, 9.17) is 11.8 Å². The van der Waals surface area contributed by atoms with E-state index in [-0.39, 0.29) is 5.16 Å². The van der Waals surface area contributed by atoms with Crippen molar-refractivity contribution in [2.75, 3.05) is 0 Å². The van der Waals surface area contributed by atoms with Gasteiger partial charge in [0.2, 0.25) is 0 Å². The van der Waals surface area contributed by atoms with Gasteiger partial charge in [0.15, 0.2) is 0 Å². The van der Waals surface area contributed by atoms with Crippen molar-refractivity contribution in [2.24, 2.45) is 0 Å². The van der Waals surface area contributed by atoms with Crippen LogP contribution in [0.1, 0.15) is 20.8 Å². The van der Waals surface area contributed by atoms with Crippen molar-refractivity contribution >= 4 is 23.8 Å². The smallest absolute Gasteiger partial charge is 0.00766 e. The zero-order valence-electron chi connectivity index (χ0n) is 7.79. The summed E-state index contributed by atoms with van der Waals surface area (Å²) in [6, 6.07) is 10.5. The number of benzene rings is 1. The lowest BCUT2D eigenvalue weighted by molar-refractivity contribution is 0.798. The van der Waals surface area contributed by atoms with Gasteiger partial charge in [-0.25, -0.2) is 0 Å². The van der Waals surface area contributed by atoms with Crippen molar-refractivity contribution in [3.05, 3.63) is 30.3 Å². The first kappa shape index (κ1) is 9.95. The highest BCUT2D eigenvalue weighted by Gasteiger charge is 2.16. The summed E-state index contributed by atoms with van der Waals surface area (Å²) in [5, 5.41) is 1.63. The summed E-state index contributed by atoms with van der Waals surface area (Å²) in [7, 11) is 0. The van der Waals surface area contributed by atoms with Crippen molar-refractivity contribution in [3.8, 4) is 0 Å². The minimum absolute atomic E-state index is 0.279. The van der Waals surface area contributed by atoms with E-state index in [1.54, 1.807) is 0 Å². The molecular weight excluding hydrogens is 183 g/mol. The maximum Gasteiger partial charge on any atom is -0.00766 e. The number of hydrogen-bond donors (Lipinski definition) is 0. The van der Waals surface area contributed by atoms with Crippen molar-refractivity contribution in [2.45, 2.75) is 25.9 Å². The predicted molar refractivity (Wildman–Crippen MR) is 61.5 cm³/mol. The summed E-state index contributed by atoms with van der Waals surface area (Å²) >= 11 is 5.54. The van der Waals surface area contributed by atoms with Crippen LogP contribution in [0.5, 0.6) is 0 Å². The summed E-state index contributed by atoms with van der Waals surface area (Å²) in [6.07, 6.45) is 0. The topological polar surface area (TPSA) is 0 Å². The molecule has 0 bridgehead atoms. The SMILES string of the molecule is CC(C)(C)[PH](=S)c1ccccc1. The standard InChI is InChI=1S/C10H15PS/c1-10(2,3)11(12)9-7-5-4-6-8-9/h4-8,11H,1-3H3. The minimum Gasteiger partial charge on any atom is -0.0954 e. The van der Waals surface area contributed by atoms with E-state index in [0.29, 0.717) is 0 Å². The second kappa shape index (κ2) is 3.72. The summed E-state index contributed by atoms with van der Waals surface area (Å²) in [5.41, 5.74) is 0. The van der Waals surface area contributed by atoms with Crippen molar-refractivity contribution in [1.82, 2.24) is 0 Å². The molecule has 0 saturated heterocycles. The Labute approximate surface area is 80.4 Å². The van der Waals surface area contributed by atoms with Crippen molar-refractivity contribution in [1.29, 1.82) is 0 Å². The van der Waals surface area contributed by atoms with Gasteiger partial charge in [0, 0.05) is 0 Å². The van der Waals surface area contributed by atoms with E-state index in [1.807, 2.05) is 6.07 Å². The van der Waals surface area contributed by atoms with Crippen molar-refractivity contribution in [3.63, 3.8) is 0 Å². The van der Waals surface area contributed by atoms with Gasteiger partial charge in [-0.15, -0.1) is 0 Å². The lowest BCUT2D eigenvalue weighted by Crippen LogP contribution is -2.13. The third-order valence-electron chi connectivity index (χ3n) is 1.72. The molecule has 0 aliphatic rings. The van der Waals surface area contributed by atoms with E-state index in [0.717, 1.165) is 0 Å². The van der Waals surface area contributed by atoms with E-state index in [1.165, 1.54) is 5.30 Å². The third kappa shape index (κ3) is 2.43. The van der Waals surface area contributed by atoms with Crippen molar-refractivity contribution < 1.29 is 0 Å². The first-order valence-electron chi connectivity index (χ1n) is 4.11. The largest absolute Gasteiger partial charge is 0.0954 e. The molecule has 1 aromatic carbocycles. The highest BCUT2D eigenvalue weighted by atomic mass is 32.4. The van der Waals surface area contributed by atoms with Gasteiger partial charge in [-0.05, 0) is 17.2 Å². The Balaban J connectivity index is 2.94. The zero-order chi connectivity index (χ0) is 9.19. The Morgan fingerprint density at radius 3 is 2.00 bits per heavy atom. The lowest BCUT2D eigenvalue weighted by atomic mass is 10.3. The van der Waals surface area contributed by atoms with Crippen LogP contribution in [0.15, 0.2) is 30.3 Å². The van der Waals surface area contributed by atoms with Crippen LogP contribution in [0.4, 0.5) is 0 Å². The van der Waals surface area contributed by atoms with Crippen LogP contribution in [-0.2, 0) is 11.8 Å². The Morgan fingerprint density at radius 2 is 1.58 bits per heavy atom. The predicted octanol–water partition coefficient (Wildman–Crippen LogP) is 2.79. The third-order valence-corrected chi connectivity index (χ3v) is 6.48. The second-order valence-electron chi connectivity index (χ2n) is 3.95. The minimum atomic E-state index is -0.799. The van der Waals surface area contributed by atoms with Crippen LogP contribution in [0, 0.1) is 0 Å². The molecule has 12 heavy (non-hydrogen) atoms. The molecule has 0 amide bonds. The molecule has 0 N–H and O–H groups in total. The molecule has 0 spiro atoms. The Kier molecular flexibility index (Phi) is 3.09. The first-order valence-corrected chi connectivity index (χ1v) is 6.75. The maximum atomic E-state index is 5.54. The Hall–Kier alpha value is -0.130. The molecule has 1 atom stereocenters. The average Bonchev–Trinajstić information content (AvgIpc) is 2.03. The normalized spacial score (nSPS) is 14.2. The summed E-state index contributed by atoms with van der Waals surface area (Å²) in [4.78, 5) is 0. The van der Waals surface area contributed by atoms with Gasteiger partial charge in [-0.1, -0.05) is 62.9 Å². The summed E-state index contributed by atoms with van der Waals surface area (Å²) in [6.45, 7) is 5.87. The highest BCUT2D eigenvalue weighted by Crippen LogP contribution is 2.37. The average molecular weight is 198 g/mol. The molecule has 1 aromatic rings. The van der Waals surface area contributed by atoms with Gasteiger partial charge in [-0.3, -0.25) is 0 Å². The monoisotopic (exact) mass is 198 g/mol. The fourth-order valence-corrected chi connectivity index (χ4v) is 2.79. The van der Waals surface area contributed by atoms with E-state index in [9.17, 15) is 0 Å². The molecule has 0 fully saturated rings. The molecule has 66 valence electrons. The van der Waals surface area contributed by atoms with Crippen LogP contribution in [0.3, 0.4) is 0 Å². The van der Waals surface area contributed by atoms with E-state index >= 15 is 0 Å². The summed E-state index contributed by atoms with van der Waals surface area (Å²) < 4.78 is 0. The first-order chi connectivity index (χ1) is 5.52. The van der Waals surface area contributed by atoms with Gasteiger partial charge in [0.1, 0.15) is 0 Å². The second-order valence-corrected chi connectivity index (χ2v) is 7.91. The fraction of sp³-hybridized carbons (Fsp3) is 0.400. The molecule has 0 nitrogen and oxygen atoms in total. The fourth-order valence-electron chi connectivity index (χ4n) is 1.02. The summed E-state index contributed by atoms with van der Waals surface area (Å²) in [5.74, 6) is 0. The zero-order valence-corrected chi connectivity index (χ0v) is 9.61. The van der Waals surface area contributed by atoms with E-state index < -0.39 is 6.70 Å². The van der Waals surface area contributed by atoms with Crippen LogP contribution < -0.4 is 5.30 Å². The van der Waals surface area contributed by atoms with Gasteiger partial charge in [0.05, 0.1) is 0 Å². The van der Waals surface area contributed by atoms with Gasteiger partial charge in [0.25, 0.3) is 0 Å². The van der Waals surface area contributed by atoms with E-state index in [2.05, 4.69) is 45.0 Å². The lowest BCUT2D eigenvalue weighted by Gasteiger charge is -2.21. The maximum absolute atomic E-state index is 5.54. The van der Waals surface area contributed by atoms with Crippen LogP contribution >= 0.6 is 6.70 Å². The molecule has 0 saturated carbocycles. The Morgan fingerprint density at radius 1 is 1.08 bits per heavy atom. The molecular formula is C10H15PS.